The first-order valence-electron chi connectivity index (χ1n) is 8.16. The fourth-order valence-corrected chi connectivity index (χ4v) is 2.72. The summed E-state index contributed by atoms with van der Waals surface area (Å²) in [5.41, 5.74) is 2.50. The van der Waals surface area contributed by atoms with E-state index in [-0.39, 0.29) is 5.82 Å². The second kappa shape index (κ2) is 6.76. The van der Waals surface area contributed by atoms with Crippen molar-refractivity contribution >= 4 is 33.9 Å². The van der Waals surface area contributed by atoms with E-state index in [1.54, 1.807) is 24.4 Å². The molecule has 0 bridgehead atoms. The van der Waals surface area contributed by atoms with E-state index < -0.39 is 0 Å². The van der Waals surface area contributed by atoms with E-state index >= 15 is 0 Å². The van der Waals surface area contributed by atoms with Crippen molar-refractivity contribution < 1.29 is 4.39 Å². The second-order valence-electron chi connectivity index (χ2n) is 5.82. The third-order valence-electron chi connectivity index (χ3n) is 3.85. The molecule has 0 unspecified atom stereocenters. The average molecular weight is 345 g/mol. The Bertz CT molecular complexity index is 1060. The highest BCUT2D eigenvalue weighted by atomic mass is 19.1. The molecule has 0 aliphatic heterocycles. The maximum absolute atomic E-state index is 13.1. The maximum atomic E-state index is 13.1. The highest BCUT2D eigenvalue weighted by Gasteiger charge is 2.06. The average Bonchev–Trinajstić information content (AvgIpc) is 2.64. The minimum absolute atomic E-state index is 0.278. The zero-order valence-corrected chi connectivity index (χ0v) is 14.1. The van der Waals surface area contributed by atoms with Crippen LogP contribution in [0.5, 0.6) is 0 Å². The van der Waals surface area contributed by atoms with Crippen LogP contribution in [0.1, 0.15) is 5.82 Å². The number of pyridine rings is 1. The molecule has 0 saturated carbocycles. The van der Waals surface area contributed by atoms with Crippen LogP contribution in [0.2, 0.25) is 0 Å². The molecule has 0 aliphatic rings. The highest BCUT2D eigenvalue weighted by Crippen LogP contribution is 2.25. The van der Waals surface area contributed by atoms with Gasteiger partial charge in [-0.2, -0.15) is 0 Å². The number of aryl methyl sites for hydroxylation is 1. The summed E-state index contributed by atoms with van der Waals surface area (Å²) in [6, 6.07) is 17.8. The van der Waals surface area contributed by atoms with Gasteiger partial charge in [0.15, 0.2) is 0 Å². The normalized spacial score (nSPS) is 10.7. The van der Waals surface area contributed by atoms with Gasteiger partial charge in [-0.05, 0) is 43.3 Å². The summed E-state index contributed by atoms with van der Waals surface area (Å²) in [4.78, 5) is 13.3. The van der Waals surface area contributed by atoms with Gasteiger partial charge in [0.1, 0.15) is 23.3 Å². The summed E-state index contributed by atoms with van der Waals surface area (Å²) in [6.07, 6.45) is 1.76. The number of anilines is 4. The number of aromatic nitrogens is 3. The van der Waals surface area contributed by atoms with Crippen LogP contribution >= 0.6 is 0 Å². The Labute approximate surface area is 150 Å². The summed E-state index contributed by atoms with van der Waals surface area (Å²) >= 11 is 0. The van der Waals surface area contributed by atoms with E-state index in [0.717, 1.165) is 22.3 Å². The lowest BCUT2D eigenvalue weighted by Crippen LogP contribution is -2.02. The number of hydrogen-bond donors (Lipinski definition) is 2. The Morgan fingerprint density at radius 2 is 1.58 bits per heavy atom. The molecule has 0 spiro atoms. The molecule has 4 aromatic rings. The van der Waals surface area contributed by atoms with Crippen molar-refractivity contribution in [1.29, 1.82) is 0 Å². The van der Waals surface area contributed by atoms with Gasteiger partial charge < -0.3 is 10.6 Å². The summed E-state index contributed by atoms with van der Waals surface area (Å²) in [5, 5.41) is 7.52. The number of fused-ring (bicyclic) bond motifs is 1. The van der Waals surface area contributed by atoms with Crippen molar-refractivity contribution in [2.75, 3.05) is 10.6 Å². The van der Waals surface area contributed by atoms with Gasteiger partial charge in [-0.3, -0.25) is 4.98 Å². The molecule has 0 radical (unpaired) electrons. The van der Waals surface area contributed by atoms with Crippen molar-refractivity contribution in [2.24, 2.45) is 0 Å². The number of nitrogens with zero attached hydrogens (tertiary/aromatic N) is 3. The van der Waals surface area contributed by atoms with Crippen LogP contribution in [0.25, 0.3) is 10.9 Å². The lowest BCUT2D eigenvalue weighted by molar-refractivity contribution is 0.628. The third-order valence-corrected chi connectivity index (χ3v) is 3.85. The van der Waals surface area contributed by atoms with Crippen LogP contribution in [-0.4, -0.2) is 15.0 Å². The van der Waals surface area contributed by atoms with Crippen LogP contribution < -0.4 is 10.6 Å². The SMILES string of the molecule is Cc1nc(Nc2ccc(F)cc2)cc(Nc2cccc3cccnc23)n1. The molecule has 0 fully saturated rings. The van der Waals surface area contributed by atoms with Crippen molar-refractivity contribution in [1.82, 2.24) is 15.0 Å². The topological polar surface area (TPSA) is 62.7 Å². The molecule has 6 heteroatoms. The van der Waals surface area contributed by atoms with Gasteiger partial charge >= 0.3 is 0 Å². The molecule has 0 amide bonds. The molecule has 0 atom stereocenters. The molecule has 2 aromatic carbocycles. The van der Waals surface area contributed by atoms with Crippen LogP contribution in [-0.2, 0) is 0 Å². The summed E-state index contributed by atoms with van der Waals surface area (Å²) in [7, 11) is 0. The minimum atomic E-state index is -0.278. The molecule has 2 N–H and O–H groups in total. The smallest absolute Gasteiger partial charge is 0.136 e. The molecule has 26 heavy (non-hydrogen) atoms. The molecule has 2 aromatic heterocycles. The molecule has 2 heterocycles. The van der Waals surface area contributed by atoms with Crippen LogP contribution in [0.4, 0.5) is 27.4 Å². The molecule has 0 saturated heterocycles. The van der Waals surface area contributed by atoms with E-state index in [4.69, 9.17) is 0 Å². The number of benzene rings is 2. The Balaban J connectivity index is 1.64. The van der Waals surface area contributed by atoms with Gasteiger partial charge in [-0.25, -0.2) is 14.4 Å². The number of rotatable bonds is 4. The van der Waals surface area contributed by atoms with Crippen molar-refractivity contribution in [3.05, 3.63) is 78.5 Å². The van der Waals surface area contributed by atoms with Gasteiger partial charge in [0.05, 0.1) is 11.2 Å². The third kappa shape index (κ3) is 3.44. The molecular weight excluding hydrogens is 329 g/mol. The van der Waals surface area contributed by atoms with Gasteiger partial charge in [-0.15, -0.1) is 0 Å². The van der Waals surface area contributed by atoms with Gasteiger partial charge in [-0.1, -0.05) is 18.2 Å². The number of para-hydroxylation sites is 1. The van der Waals surface area contributed by atoms with Crippen molar-refractivity contribution in [3.63, 3.8) is 0 Å². The van der Waals surface area contributed by atoms with E-state index in [1.807, 2.05) is 37.3 Å². The Hall–Kier alpha value is -3.54. The largest absolute Gasteiger partial charge is 0.340 e. The van der Waals surface area contributed by atoms with Gasteiger partial charge in [0.2, 0.25) is 0 Å². The fraction of sp³-hybridized carbons (Fsp3) is 0.0500. The minimum Gasteiger partial charge on any atom is -0.340 e. The number of hydrogen-bond acceptors (Lipinski definition) is 5. The second-order valence-corrected chi connectivity index (χ2v) is 5.82. The van der Waals surface area contributed by atoms with Gasteiger partial charge in [0.25, 0.3) is 0 Å². The van der Waals surface area contributed by atoms with E-state index in [1.165, 1.54) is 12.1 Å². The lowest BCUT2D eigenvalue weighted by Gasteiger charge is -2.11. The molecular formula is C20H16FN5. The molecule has 4 rings (SSSR count). The first-order chi connectivity index (χ1) is 12.7. The zero-order chi connectivity index (χ0) is 17.9. The summed E-state index contributed by atoms with van der Waals surface area (Å²) in [6.45, 7) is 1.82. The molecule has 0 aliphatic carbocycles. The number of halogens is 1. The standard InChI is InChI=1S/C20H16FN5/c1-13-23-18(25-16-9-7-15(21)8-10-16)12-19(24-13)26-17-6-2-4-14-5-3-11-22-20(14)17/h2-12H,1H3,(H2,23,24,25,26). The van der Waals surface area contributed by atoms with Gasteiger partial charge in [0, 0.05) is 23.3 Å². The van der Waals surface area contributed by atoms with E-state index in [2.05, 4.69) is 25.6 Å². The molecule has 128 valence electrons. The zero-order valence-electron chi connectivity index (χ0n) is 14.1. The monoisotopic (exact) mass is 345 g/mol. The Morgan fingerprint density at radius 1 is 0.846 bits per heavy atom. The van der Waals surface area contributed by atoms with E-state index in [9.17, 15) is 4.39 Å². The lowest BCUT2D eigenvalue weighted by atomic mass is 10.2. The fourth-order valence-electron chi connectivity index (χ4n) is 2.72. The first kappa shape index (κ1) is 16.0. The Morgan fingerprint density at radius 3 is 2.38 bits per heavy atom. The summed E-state index contributed by atoms with van der Waals surface area (Å²) in [5.74, 6) is 1.62. The van der Waals surface area contributed by atoms with E-state index in [0.29, 0.717) is 17.5 Å². The maximum Gasteiger partial charge on any atom is 0.136 e. The quantitative estimate of drug-likeness (QED) is 0.547. The summed E-state index contributed by atoms with van der Waals surface area (Å²) < 4.78 is 13.1. The van der Waals surface area contributed by atoms with Crippen molar-refractivity contribution in [3.8, 4) is 0 Å². The Kier molecular flexibility index (Phi) is 4.15. The molecule has 5 nitrogen and oxygen atoms in total. The highest BCUT2D eigenvalue weighted by molar-refractivity contribution is 5.91. The number of nitrogens with one attached hydrogen (secondary N) is 2. The van der Waals surface area contributed by atoms with Crippen LogP contribution in [0, 0.1) is 12.7 Å². The van der Waals surface area contributed by atoms with Crippen LogP contribution in [0.3, 0.4) is 0 Å². The predicted molar refractivity (Wildman–Crippen MR) is 101 cm³/mol. The van der Waals surface area contributed by atoms with Crippen LogP contribution in [0.15, 0.2) is 66.9 Å². The van der Waals surface area contributed by atoms with Crippen molar-refractivity contribution in [2.45, 2.75) is 6.92 Å². The first-order valence-corrected chi connectivity index (χ1v) is 8.16. The predicted octanol–water partition coefficient (Wildman–Crippen LogP) is 4.96.